The van der Waals surface area contributed by atoms with E-state index in [1.807, 2.05) is 0 Å². The van der Waals surface area contributed by atoms with Crippen molar-refractivity contribution in [3.05, 3.63) is 41.0 Å². The highest BCUT2D eigenvalue weighted by Gasteiger charge is 2.66. The maximum Gasteiger partial charge on any atom is -0.0128 e. The summed E-state index contributed by atoms with van der Waals surface area (Å²) in [7, 11) is 0. The van der Waals surface area contributed by atoms with Gasteiger partial charge in [-0.1, -0.05) is 32.6 Å². The number of fused-ring (bicyclic) bond motifs is 6. The number of rotatable bonds is 2. The van der Waals surface area contributed by atoms with E-state index in [1.165, 1.54) is 61.6 Å². The van der Waals surface area contributed by atoms with Crippen LogP contribution in [0.15, 0.2) is 18.7 Å². The van der Waals surface area contributed by atoms with Crippen molar-refractivity contribution in [3.8, 4) is 0 Å². The second kappa shape index (κ2) is 5.24. The van der Waals surface area contributed by atoms with Gasteiger partial charge in [-0.15, -0.1) is 0 Å². The Morgan fingerprint density at radius 1 is 1.12 bits per heavy atom. The number of allylic oxidation sites excluding steroid dienone is 1. The van der Waals surface area contributed by atoms with Crippen LogP contribution < -0.4 is 0 Å². The molecule has 0 radical (unpaired) electrons. The van der Waals surface area contributed by atoms with Crippen LogP contribution in [-0.2, 0) is 6.42 Å². The smallest absolute Gasteiger partial charge is 0.0128 e. The van der Waals surface area contributed by atoms with Crippen LogP contribution in [0.3, 0.4) is 0 Å². The molecule has 3 saturated carbocycles. The van der Waals surface area contributed by atoms with Gasteiger partial charge in [-0.2, -0.15) is 0 Å². The van der Waals surface area contributed by atoms with Crippen LogP contribution in [0.5, 0.6) is 0 Å². The zero-order valence-electron chi connectivity index (χ0n) is 16.5. The second-order valence-corrected chi connectivity index (χ2v) is 10.0. The summed E-state index contributed by atoms with van der Waals surface area (Å²) in [5.41, 5.74) is 9.03. The Bertz CT molecular complexity index is 735. The molecule has 4 aliphatic rings. The summed E-state index contributed by atoms with van der Waals surface area (Å²) in [6.45, 7) is 11.5. The number of aryl methyl sites for hydroxylation is 2. The summed E-state index contributed by atoms with van der Waals surface area (Å²) in [4.78, 5) is 0. The van der Waals surface area contributed by atoms with Crippen molar-refractivity contribution in [1.82, 2.24) is 0 Å². The van der Waals surface area contributed by atoms with Gasteiger partial charge in [0.05, 0.1) is 0 Å². The van der Waals surface area contributed by atoms with Crippen LogP contribution >= 0.6 is 0 Å². The Kier molecular flexibility index (Phi) is 3.39. The molecule has 5 rings (SSSR count). The SMILES string of the molecule is C=C(CC)c1cc2c(cc1C)C1CC[C@@]3(C)C(CCC34CC4)C1CC2. The van der Waals surface area contributed by atoms with E-state index in [4.69, 9.17) is 0 Å². The number of hydrogen-bond donors (Lipinski definition) is 0. The van der Waals surface area contributed by atoms with Crippen molar-refractivity contribution in [2.45, 2.75) is 84.5 Å². The summed E-state index contributed by atoms with van der Waals surface area (Å²) in [6.07, 6.45) is 12.9. The van der Waals surface area contributed by atoms with Crippen LogP contribution in [0.2, 0.25) is 0 Å². The van der Waals surface area contributed by atoms with Gasteiger partial charge in [0.2, 0.25) is 0 Å². The zero-order valence-corrected chi connectivity index (χ0v) is 16.5. The maximum absolute atomic E-state index is 4.31. The minimum Gasteiger partial charge on any atom is -0.0952 e. The van der Waals surface area contributed by atoms with Gasteiger partial charge in [-0.3, -0.25) is 0 Å². The molecule has 1 aromatic carbocycles. The van der Waals surface area contributed by atoms with Crippen LogP contribution in [0, 0.1) is 29.6 Å². The molecule has 0 N–H and O–H groups in total. The second-order valence-electron chi connectivity index (χ2n) is 10.0. The molecule has 1 aromatic rings. The van der Waals surface area contributed by atoms with E-state index >= 15 is 0 Å². The zero-order chi connectivity index (χ0) is 17.4. The summed E-state index contributed by atoms with van der Waals surface area (Å²) in [5, 5.41) is 0. The predicted octanol–water partition coefficient (Wildman–Crippen LogP) is 7.05. The quantitative estimate of drug-likeness (QED) is 0.543. The molecule has 0 aromatic heterocycles. The molecule has 0 heteroatoms. The van der Waals surface area contributed by atoms with Gasteiger partial charge in [-0.05, 0) is 121 Å². The summed E-state index contributed by atoms with van der Waals surface area (Å²) in [5.74, 6) is 2.82. The first-order chi connectivity index (χ1) is 12.0. The fourth-order valence-electron chi connectivity index (χ4n) is 7.51. The summed E-state index contributed by atoms with van der Waals surface area (Å²) < 4.78 is 0. The molecule has 134 valence electrons. The standard InChI is InChI=1S/C25H34/c1-5-16(2)21-15-18-6-7-20-19(22(18)14-17(21)3)8-10-24(4)23(20)9-11-25(24)12-13-25/h14-15,19-20,23H,2,5-13H2,1,3-4H3/t19?,20?,23?,24-/m0/s1. The van der Waals surface area contributed by atoms with Gasteiger partial charge in [0.1, 0.15) is 0 Å². The third kappa shape index (κ3) is 2.06. The molecule has 25 heavy (non-hydrogen) atoms. The van der Waals surface area contributed by atoms with E-state index in [9.17, 15) is 0 Å². The third-order valence-electron chi connectivity index (χ3n) is 9.27. The minimum atomic E-state index is 0.678. The molecule has 0 saturated heterocycles. The average molecular weight is 335 g/mol. The Morgan fingerprint density at radius 3 is 2.64 bits per heavy atom. The molecule has 3 unspecified atom stereocenters. The van der Waals surface area contributed by atoms with E-state index in [-0.39, 0.29) is 0 Å². The molecular formula is C25H34. The van der Waals surface area contributed by atoms with Crippen molar-refractivity contribution >= 4 is 5.57 Å². The lowest BCUT2D eigenvalue weighted by Gasteiger charge is -2.51. The molecule has 0 heterocycles. The monoisotopic (exact) mass is 334 g/mol. The van der Waals surface area contributed by atoms with Gasteiger partial charge in [0.15, 0.2) is 0 Å². The van der Waals surface area contributed by atoms with Crippen molar-refractivity contribution in [2.75, 3.05) is 0 Å². The molecule has 0 amide bonds. The lowest BCUT2D eigenvalue weighted by Crippen LogP contribution is -2.43. The lowest BCUT2D eigenvalue weighted by atomic mass is 9.53. The first-order valence-corrected chi connectivity index (χ1v) is 10.8. The summed E-state index contributed by atoms with van der Waals surface area (Å²) in [6, 6.07) is 5.07. The lowest BCUT2D eigenvalue weighted by molar-refractivity contribution is 0.0188. The van der Waals surface area contributed by atoms with Gasteiger partial charge >= 0.3 is 0 Å². The maximum atomic E-state index is 4.31. The van der Waals surface area contributed by atoms with Crippen LogP contribution in [0.4, 0.5) is 0 Å². The first-order valence-electron chi connectivity index (χ1n) is 10.8. The van der Waals surface area contributed by atoms with E-state index in [1.54, 1.807) is 17.5 Å². The van der Waals surface area contributed by atoms with E-state index in [2.05, 4.69) is 39.5 Å². The molecule has 4 atom stereocenters. The normalized spacial score (nSPS) is 37.3. The van der Waals surface area contributed by atoms with Crippen LogP contribution in [-0.4, -0.2) is 0 Å². The first kappa shape index (κ1) is 16.2. The highest BCUT2D eigenvalue weighted by Crippen LogP contribution is 2.75. The van der Waals surface area contributed by atoms with Gasteiger partial charge in [0, 0.05) is 0 Å². The molecule has 0 bridgehead atoms. The Morgan fingerprint density at radius 2 is 1.92 bits per heavy atom. The Labute approximate surface area is 154 Å². The van der Waals surface area contributed by atoms with E-state index in [0.717, 1.165) is 29.6 Å². The molecule has 0 nitrogen and oxygen atoms in total. The molecule has 0 aliphatic heterocycles. The predicted molar refractivity (Wildman–Crippen MR) is 107 cm³/mol. The molecule has 4 aliphatic carbocycles. The van der Waals surface area contributed by atoms with Crippen molar-refractivity contribution in [3.63, 3.8) is 0 Å². The van der Waals surface area contributed by atoms with Gasteiger partial charge < -0.3 is 0 Å². The van der Waals surface area contributed by atoms with E-state index in [0.29, 0.717) is 5.41 Å². The third-order valence-corrected chi connectivity index (χ3v) is 9.27. The number of benzene rings is 1. The Balaban J connectivity index is 1.51. The molecule has 3 fully saturated rings. The molecular weight excluding hydrogens is 300 g/mol. The van der Waals surface area contributed by atoms with Crippen molar-refractivity contribution in [2.24, 2.45) is 22.7 Å². The number of hydrogen-bond acceptors (Lipinski definition) is 0. The van der Waals surface area contributed by atoms with Crippen molar-refractivity contribution < 1.29 is 0 Å². The fourth-order valence-corrected chi connectivity index (χ4v) is 7.51. The Hall–Kier alpha value is -1.04. The molecule has 1 spiro atoms. The average Bonchev–Trinajstić information content (AvgIpc) is 3.34. The highest BCUT2D eigenvalue weighted by molar-refractivity contribution is 5.67. The fraction of sp³-hybridized carbons (Fsp3) is 0.680. The van der Waals surface area contributed by atoms with Gasteiger partial charge in [0.25, 0.3) is 0 Å². The van der Waals surface area contributed by atoms with Gasteiger partial charge in [-0.25, -0.2) is 0 Å². The van der Waals surface area contributed by atoms with Crippen molar-refractivity contribution in [1.29, 1.82) is 0 Å². The topological polar surface area (TPSA) is 0 Å². The van der Waals surface area contributed by atoms with Crippen LogP contribution in [0.1, 0.15) is 93.4 Å². The highest BCUT2D eigenvalue weighted by atomic mass is 14.7. The largest absolute Gasteiger partial charge is 0.0952 e. The van der Waals surface area contributed by atoms with Crippen LogP contribution in [0.25, 0.3) is 5.57 Å². The summed E-state index contributed by atoms with van der Waals surface area (Å²) >= 11 is 0. The van der Waals surface area contributed by atoms with E-state index < -0.39 is 0 Å². The minimum absolute atomic E-state index is 0.678.